The van der Waals surface area contributed by atoms with Gasteiger partial charge in [0.2, 0.25) is 0 Å². The van der Waals surface area contributed by atoms with Crippen LogP contribution in [0.1, 0.15) is 26.7 Å². The average Bonchev–Trinajstić information content (AvgIpc) is 2.09. The van der Waals surface area contributed by atoms with Gasteiger partial charge < -0.3 is 10.4 Å². The predicted octanol–water partition coefficient (Wildman–Crippen LogP) is 1.50. The second kappa shape index (κ2) is 6.28. The molecule has 0 saturated carbocycles. The molecule has 5 heteroatoms. The molecular formula is C8H16N2O3. The van der Waals surface area contributed by atoms with Crippen LogP contribution in [0.5, 0.6) is 0 Å². The van der Waals surface area contributed by atoms with Crippen LogP contribution in [-0.4, -0.2) is 35.2 Å². The van der Waals surface area contributed by atoms with E-state index in [1.807, 2.05) is 13.8 Å². The molecule has 0 aliphatic heterocycles. The molecule has 0 aliphatic rings. The monoisotopic (exact) mass is 188 g/mol. The number of rotatable bonds is 4. The molecule has 0 spiro atoms. The van der Waals surface area contributed by atoms with Crippen molar-refractivity contribution in [3.63, 3.8) is 0 Å². The summed E-state index contributed by atoms with van der Waals surface area (Å²) in [5.41, 5.74) is 0. The van der Waals surface area contributed by atoms with Crippen LogP contribution in [-0.2, 0) is 0 Å². The van der Waals surface area contributed by atoms with Gasteiger partial charge in [-0.05, 0) is 12.8 Å². The Labute approximate surface area is 77.7 Å². The van der Waals surface area contributed by atoms with Gasteiger partial charge in [-0.15, -0.1) is 0 Å². The molecular weight excluding hydrogens is 172 g/mol. The quantitative estimate of drug-likeness (QED) is 0.702. The third-order valence-electron chi connectivity index (χ3n) is 1.45. The van der Waals surface area contributed by atoms with E-state index >= 15 is 0 Å². The Balaban J connectivity index is 4.03. The third kappa shape index (κ3) is 4.35. The standard InChI is InChI=1S/C8H16N2O3/c1-3-5-9-7(11)10(6-4-2)8(12)13/h3-6H2,1-2H3,(H,9,11)(H,12,13). The fourth-order valence-corrected chi connectivity index (χ4v) is 0.835. The number of carbonyl (C=O) groups is 2. The molecule has 0 saturated heterocycles. The first kappa shape index (κ1) is 11.7. The largest absolute Gasteiger partial charge is 0.465 e. The fraction of sp³-hybridized carbons (Fsp3) is 0.750. The van der Waals surface area contributed by atoms with Gasteiger partial charge >= 0.3 is 12.1 Å². The van der Waals surface area contributed by atoms with E-state index < -0.39 is 12.1 Å². The highest BCUT2D eigenvalue weighted by Crippen LogP contribution is 1.93. The lowest BCUT2D eigenvalue weighted by molar-refractivity contribution is 0.148. The summed E-state index contributed by atoms with van der Waals surface area (Å²) in [6, 6.07) is -0.531. The van der Waals surface area contributed by atoms with Crippen LogP contribution in [0.3, 0.4) is 0 Å². The van der Waals surface area contributed by atoms with Gasteiger partial charge in [-0.2, -0.15) is 0 Å². The average molecular weight is 188 g/mol. The number of nitrogens with zero attached hydrogens (tertiary/aromatic N) is 1. The van der Waals surface area contributed by atoms with E-state index in [9.17, 15) is 9.59 Å². The number of urea groups is 1. The van der Waals surface area contributed by atoms with Crippen LogP contribution in [0.25, 0.3) is 0 Å². The van der Waals surface area contributed by atoms with Gasteiger partial charge in [0.25, 0.3) is 0 Å². The van der Waals surface area contributed by atoms with Crippen molar-refractivity contribution in [1.29, 1.82) is 0 Å². The minimum atomic E-state index is -1.20. The van der Waals surface area contributed by atoms with Crippen LogP contribution in [0.15, 0.2) is 0 Å². The summed E-state index contributed by atoms with van der Waals surface area (Å²) in [7, 11) is 0. The lowest BCUT2D eigenvalue weighted by Gasteiger charge is -2.16. The Morgan fingerprint density at radius 2 is 1.92 bits per heavy atom. The molecule has 5 nitrogen and oxygen atoms in total. The first-order valence-electron chi connectivity index (χ1n) is 4.41. The lowest BCUT2D eigenvalue weighted by Crippen LogP contribution is -2.43. The Kier molecular flexibility index (Phi) is 5.67. The van der Waals surface area contributed by atoms with Gasteiger partial charge in [0.1, 0.15) is 0 Å². The summed E-state index contributed by atoms with van der Waals surface area (Å²) < 4.78 is 0. The van der Waals surface area contributed by atoms with Crippen molar-refractivity contribution in [3.05, 3.63) is 0 Å². The van der Waals surface area contributed by atoms with Gasteiger partial charge in [-0.1, -0.05) is 13.8 Å². The number of nitrogens with one attached hydrogen (secondary N) is 1. The fourth-order valence-electron chi connectivity index (χ4n) is 0.835. The van der Waals surface area contributed by atoms with Crippen molar-refractivity contribution >= 4 is 12.1 Å². The van der Waals surface area contributed by atoms with Crippen molar-refractivity contribution in [2.45, 2.75) is 26.7 Å². The van der Waals surface area contributed by atoms with Gasteiger partial charge in [0.05, 0.1) is 0 Å². The Morgan fingerprint density at radius 3 is 2.31 bits per heavy atom. The van der Waals surface area contributed by atoms with Crippen molar-refractivity contribution < 1.29 is 14.7 Å². The molecule has 0 unspecified atom stereocenters. The van der Waals surface area contributed by atoms with Gasteiger partial charge in [-0.3, -0.25) is 0 Å². The molecule has 0 heterocycles. The molecule has 0 aromatic rings. The number of amides is 3. The molecule has 76 valence electrons. The van der Waals surface area contributed by atoms with E-state index in [0.717, 1.165) is 11.3 Å². The minimum absolute atomic E-state index is 0.241. The number of imide groups is 1. The zero-order chi connectivity index (χ0) is 10.3. The Bertz CT molecular complexity index is 182. The number of hydrogen-bond donors (Lipinski definition) is 2. The molecule has 0 aliphatic carbocycles. The summed E-state index contributed by atoms with van der Waals surface area (Å²) >= 11 is 0. The van der Waals surface area contributed by atoms with Gasteiger partial charge in [0, 0.05) is 13.1 Å². The van der Waals surface area contributed by atoms with Crippen LogP contribution < -0.4 is 5.32 Å². The molecule has 0 radical (unpaired) electrons. The van der Waals surface area contributed by atoms with Crippen molar-refractivity contribution in [2.24, 2.45) is 0 Å². The topological polar surface area (TPSA) is 69.6 Å². The molecule has 13 heavy (non-hydrogen) atoms. The van der Waals surface area contributed by atoms with Crippen LogP contribution in [0.2, 0.25) is 0 Å². The molecule has 3 amide bonds. The summed E-state index contributed by atoms with van der Waals surface area (Å²) in [6.45, 7) is 4.48. The third-order valence-corrected chi connectivity index (χ3v) is 1.45. The van der Waals surface area contributed by atoms with Crippen molar-refractivity contribution in [3.8, 4) is 0 Å². The second-order valence-corrected chi connectivity index (χ2v) is 2.67. The summed E-state index contributed by atoms with van der Waals surface area (Å²) in [4.78, 5) is 22.5. The van der Waals surface area contributed by atoms with Gasteiger partial charge in [0.15, 0.2) is 0 Å². The molecule has 0 bridgehead atoms. The SMILES string of the molecule is CCCNC(=O)N(CCC)C(=O)O. The maximum Gasteiger partial charge on any atom is 0.415 e. The molecule has 0 aromatic heterocycles. The molecule has 0 fully saturated rings. The number of carbonyl (C=O) groups excluding carboxylic acids is 1. The predicted molar refractivity (Wildman–Crippen MR) is 48.7 cm³/mol. The maximum absolute atomic E-state index is 11.2. The summed E-state index contributed by atoms with van der Waals surface area (Å²) in [5.74, 6) is 0. The highest BCUT2D eigenvalue weighted by molar-refractivity contribution is 5.89. The summed E-state index contributed by atoms with van der Waals surface area (Å²) in [5, 5.41) is 11.1. The van der Waals surface area contributed by atoms with E-state index in [-0.39, 0.29) is 6.54 Å². The molecule has 0 aromatic carbocycles. The van der Waals surface area contributed by atoms with E-state index in [1.54, 1.807) is 0 Å². The lowest BCUT2D eigenvalue weighted by atomic mass is 10.4. The van der Waals surface area contributed by atoms with Crippen LogP contribution in [0, 0.1) is 0 Å². The van der Waals surface area contributed by atoms with Crippen LogP contribution in [0.4, 0.5) is 9.59 Å². The van der Waals surface area contributed by atoms with Gasteiger partial charge in [-0.25, -0.2) is 14.5 Å². The zero-order valence-electron chi connectivity index (χ0n) is 8.04. The maximum atomic E-state index is 11.2. The smallest absolute Gasteiger partial charge is 0.415 e. The number of carboxylic acid groups (broad SMARTS) is 1. The first-order chi connectivity index (χ1) is 6.13. The normalized spacial score (nSPS) is 9.38. The van der Waals surface area contributed by atoms with E-state index in [4.69, 9.17) is 5.11 Å². The first-order valence-corrected chi connectivity index (χ1v) is 4.41. The van der Waals surface area contributed by atoms with Crippen LogP contribution >= 0.6 is 0 Å². The molecule has 0 rings (SSSR count). The highest BCUT2D eigenvalue weighted by Gasteiger charge is 2.18. The molecule has 2 N–H and O–H groups in total. The second-order valence-electron chi connectivity index (χ2n) is 2.67. The Hall–Kier alpha value is -1.26. The van der Waals surface area contributed by atoms with Crippen molar-refractivity contribution in [2.75, 3.05) is 13.1 Å². The van der Waals surface area contributed by atoms with E-state index in [0.29, 0.717) is 13.0 Å². The molecule has 0 atom stereocenters. The minimum Gasteiger partial charge on any atom is -0.465 e. The Morgan fingerprint density at radius 1 is 1.31 bits per heavy atom. The zero-order valence-corrected chi connectivity index (χ0v) is 8.04. The van der Waals surface area contributed by atoms with E-state index in [2.05, 4.69) is 5.32 Å². The van der Waals surface area contributed by atoms with Crippen molar-refractivity contribution in [1.82, 2.24) is 10.2 Å². The highest BCUT2D eigenvalue weighted by atomic mass is 16.4. The van der Waals surface area contributed by atoms with E-state index in [1.165, 1.54) is 0 Å². The summed E-state index contributed by atoms with van der Waals surface area (Å²) in [6.07, 6.45) is 0.229. The number of hydrogen-bond acceptors (Lipinski definition) is 2.